The molecule has 0 radical (unpaired) electrons. The molecule has 0 atom stereocenters. The molecule has 5 heteroatoms. The lowest BCUT2D eigenvalue weighted by Gasteiger charge is -2.07. The van der Waals surface area contributed by atoms with Crippen molar-refractivity contribution < 1.29 is 0 Å². The van der Waals surface area contributed by atoms with Gasteiger partial charge in [-0.2, -0.15) is 5.26 Å². The minimum atomic E-state index is 0.162. The fourth-order valence-corrected chi connectivity index (χ4v) is 2.17. The Labute approximate surface area is 117 Å². The fraction of sp³-hybridized carbons (Fsp3) is 0. The van der Waals surface area contributed by atoms with E-state index in [1.807, 2.05) is 30.3 Å². The predicted molar refractivity (Wildman–Crippen MR) is 72.1 cm³/mol. The van der Waals surface area contributed by atoms with Gasteiger partial charge in [-0.25, -0.2) is 4.98 Å². The number of rotatable bonds is 1. The van der Waals surface area contributed by atoms with Crippen LogP contribution in [0.4, 0.5) is 0 Å². The lowest BCUT2D eigenvalue weighted by atomic mass is 10.0. The molecular formula is C12H5BrCl2N2. The van der Waals surface area contributed by atoms with Crippen LogP contribution in [0.25, 0.3) is 11.1 Å². The summed E-state index contributed by atoms with van der Waals surface area (Å²) in [4.78, 5) is 3.85. The molecule has 0 saturated carbocycles. The van der Waals surface area contributed by atoms with Gasteiger partial charge in [0, 0.05) is 16.2 Å². The zero-order valence-corrected chi connectivity index (χ0v) is 11.5. The van der Waals surface area contributed by atoms with Crippen molar-refractivity contribution in [2.45, 2.75) is 0 Å². The van der Waals surface area contributed by atoms with Gasteiger partial charge in [-0.15, -0.1) is 0 Å². The van der Waals surface area contributed by atoms with Crippen molar-refractivity contribution >= 4 is 39.1 Å². The maximum atomic E-state index is 9.10. The van der Waals surface area contributed by atoms with Gasteiger partial charge in [0.1, 0.15) is 11.2 Å². The topological polar surface area (TPSA) is 36.7 Å². The molecule has 0 spiro atoms. The number of hydrogen-bond acceptors (Lipinski definition) is 2. The first-order valence-corrected chi connectivity index (χ1v) is 6.18. The van der Waals surface area contributed by atoms with Crippen LogP contribution in [-0.4, -0.2) is 4.98 Å². The first-order chi connectivity index (χ1) is 8.13. The van der Waals surface area contributed by atoms with Crippen molar-refractivity contribution in [3.05, 3.63) is 50.7 Å². The lowest BCUT2D eigenvalue weighted by molar-refractivity contribution is 1.30. The highest BCUT2D eigenvalue weighted by Crippen LogP contribution is 2.34. The SMILES string of the molecule is N#Cc1c(Cl)ncc(Cl)c1-c1ccc(Br)cc1. The number of pyridine rings is 1. The van der Waals surface area contributed by atoms with Gasteiger partial charge in [-0.1, -0.05) is 51.3 Å². The van der Waals surface area contributed by atoms with E-state index in [2.05, 4.69) is 20.9 Å². The second kappa shape index (κ2) is 5.05. The molecular weight excluding hydrogens is 323 g/mol. The predicted octanol–water partition coefficient (Wildman–Crippen LogP) is 4.69. The maximum Gasteiger partial charge on any atom is 0.147 e. The summed E-state index contributed by atoms with van der Waals surface area (Å²) in [5.74, 6) is 0. The normalized spacial score (nSPS) is 10.0. The largest absolute Gasteiger partial charge is 0.242 e. The Hall–Kier alpha value is -1.08. The maximum absolute atomic E-state index is 9.10. The Kier molecular flexibility index (Phi) is 3.68. The van der Waals surface area contributed by atoms with Gasteiger partial charge < -0.3 is 0 Å². The average molecular weight is 328 g/mol. The Bertz CT molecular complexity index is 603. The zero-order chi connectivity index (χ0) is 12.4. The van der Waals surface area contributed by atoms with Crippen LogP contribution in [0.3, 0.4) is 0 Å². The van der Waals surface area contributed by atoms with Gasteiger partial charge in [0.05, 0.1) is 10.6 Å². The Morgan fingerprint density at radius 2 is 1.82 bits per heavy atom. The quantitative estimate of drug-likeness (QED) is 0.712. The summed E-state index contributed by atoms with van der Waals surface area (Å²) in [6.07, 6.45) is 1.45. The van der Waals surface area contributed by atoms with Gasteiger partial charge in [0.2, 0.25) is 0 Å². The number of nitriles is 1. The van der Waals surface area contributed by atoms with Gasteiger partial charge in [0.15, 0.2) is 0 Å². The van der Waals surface area contributed by atoms with Crippen molar-refractivity contribution in [2.75, 3.05) is 0 Å². The van der Waals surface area contributed by atoms with Crippen molar-refractivity contribution in [2.24, 2.45) is 0 Å². The van der Waals surface area contributed by atoms with Crippen LogP contribution in [0.2, 0.25) is 10.2 Å². The van der Waals surface area contributed by atoms with Crippen LogP contribution < -0.4 is 0 Å². The number of nitrogens with zero attached hydrogens (tertiary/aromatic N) is 2. The molecule has 0 amide bonds. The van der Waals surface area contributed by atoms with Crippen molar-refractivity contribution in [3.8, 4) is 17.2 Å². The third kappa shape index (κ3) is 2.44. The van der Waals surface area contributed by atoms with Gasteiger partial charge in [-0.3, -0.25) is 0 Å². The summed E-state index contributed by atoms with van der Waals surface area (Å²) in [5, 5.41) is 9.67. The van der Waals surface area contributed by atoms with E-state index < -0.39 is 0 Å². The molecule has 84 valence electrons. The molecule has 0 fully saturated rings. The third-order valence-electron chi connectivity index (χ3n) is 2.23. The zero-order valence-electron chi connectivity index (χ0n) is 8.42. The average Bonchev–Trinajstić information content (AvgIpc) is 2.33. The summed E-state index contributed by atoms with van der Waals surface area (Å²) in [6, 6.07) is 9.51. The number of hydrogen-bond donors (Lipinski definition) is 0. The molecule has 0 aliphatic heterocycles. The standard InChI is InChI=1S/C12H5BrCl2N2/c13-8-3-1-7(2-4-8)11-9(5-16)12(15)17-6-10(11)14/h1-4,6H. The third-order valence-corrected chi connectivity index (χ3v) is 3.33. The highest BCUT2D eigenvalue weighted by molar-refractivity contribution is 9.10. The Morgan fingerprint density at radius 3 is 2.41 bits per heavy atom. The van der Waals surface area contributed by atoms with E-state index in [0.29, 0.717) is 16.1 Å². The number of halogens is 3. The van der Waals surface area contributed by atoms with Crippen LogP contribution >= 0.6 is 39.1 Å². The molecule has 2 rings (SSSR count). The molecule has 0 aliphatic rings. The summed E-state index contributed by atoms with van der Waals surface area (Å²) >= 11 is 15.3. The lowest BCUT2D eigenvalue weighted by Crippen LogP contribution is -1.90. The molecule has 2 nitrogen and oxygen atoms in total. The minimum Gasteiger partial charge on any atom is -0.242 e. The van der Waals surface area contributed by atoms with Crippen molar-refractivity contribution in [3.63, 3.8) is 0 Å². The van der Waals surface area contributed by atoms with Crippen LogP contribution in [-0.2, 0) is 0 Å². The molecule has 0 aliphatic carbocycles. The monoisotopic (exact) mass is 326 g/mol. The second-order valence-corrected chi connectivity index (χ2v) is 4.95. The molecule has 0 bridgehead atoms. The molecule has 0 N–H and O–H groups in total. The molecule has 0 unspecified atom stereocenters. The van der Waals surface area contributed by atoms with Crippen LogP contribution in [0.15, 0.2) is 34.9 Å². The van der Waals surface area contributed by atoms with E-state index in [-0.39, 0.29) is 5.15 Å². The number of benzene rings is 1. The van der Waals surface area contributed by atoms with E-state index in [0.717, 1.165) is 10.0 Å². The fourth-order valence-electron chi connectivity index (χ4n) is 1.47. The summed E-state index contributed by atoms with van der Waals surface area (Å²) in [7, 11) is 0. The van der Waals surface area contributed by atoms with Gasteiger partial charge in [0.25, 0.3) is 0 Å². The van der Waals surface area contributed by atoms with E-state index in [9.17, 15) is 0 Å². The van der Waals surface area contributed by atoms with E-state index >= 15 is 0 Å². The van der Waals surface area contributed by atoms with Crippen LogP contribution in [0.1, 0.15) is 5.56 Å². The summed E-state index contributed by atoms with van der Waals surface area (Å²) < 4.78 is 0.955. The molecule has 1 aromatic heterocycles. The number of aromatic nitrogens is 1. The van der Waals surface area contributed by atoms with Gasteiger partial charge in [-0.05, 0) is 17.7 Å². The molecule has 1 heterocycles. The molecule has 0 saturated heterocycles. The van der Waals surface area contributed by atoms with E-state index in [1.165, 1.54) is 6.20 Å². The van der Waals surface area contributed by atoms with Crippen LogP contribution in [0, 0.1) is 11.3 Å². The smallest absolute Gasteiger partial charge is 0.147 e. The summed E-state index contributed by atoms with van der Waals surface area (Å²) in [5.41, 5.74) is 1.74. The summed E-state index contributed by atoms with van der Waals surface area (Å²) in [6.45, 7) is 0. The first-order valence-electron chi connectivity index (χ1n) is 4.63. The molecule has 2 aromatic rings. The second-order valence-electron chi connectivity index (χ2n) is 3.27. The van der Waals surface area contributed by atoms with Crippen molar-refractivity contribution in [1.29, 1.82) is 5.26 Å². The van der Waals surface area contributed by atoms with Crippen LogP contribution in [0.5, 0.6) is 0 Å². The Morgan fingerprint density at radius 1 is 1.18 bits per heavy atom. The first kappa shape index (κ1) is 12.4. The highest BCUT2D eigenvalue weighted by Gasteiger charge is 2.14. The van der Waals surface area contributed by atoms with Gasteiger partial charge >= 0.3 is 0 Å². The van der Waals surface area contributed by atoms with E-state index in [1.54, 1.807) is 0 Å². The van der Waals surface area contributed by atoms with E-state index in [4.69, 9.17) is 28.5 Å². The molecule has 17 heavy (non-hydrogen) atoms. The molecule has 1 aromatic carbocycles. The minimum absolute atomic E-state index is 0.162. The Balaban J connectivity index is 2.71. The van der Waals surface area contributed by atoms with Crippen molar-refractivity contribution in [1.82, 2.24) is 4.98 Å². The highest BCUT2D eigenvalue weighted by atomic mass is 79.9.